The van der Waals surface area contributed by atoms with E-state index in [2.05, 4.69) is 20.1 Å². The van der Waals surface area contributed by atoms with Gasteiger partial charge in [0.2, 0.25) is 0 Å². The van der Waals surface area contributed by atoms with Crippen LogP contribution in [0.1, 0.15) is 33.6 Å². The third-order valence-electron chi connectivity index (χ3n) is 2.04. The Morgan fingerprint density at radius 3 is 1.67 bits per heavy atom. The van der Waals surface area contributed by atoms with Gasteiger partial charge in [-0.25, -0.2) is 0 Å². The Kier molecular flexibility index (Phi) is 5.44. The summed E-state index contributed by atoms with van der Waals surface area (Å²) in [6.07, 6.45) is 6.29. The maximum Gasteiger partial charge on any atom is -0.0247 e. The highest BCUT2D eigenvalue weighted by Gasteiger charge is 2.15. The largest absolute Gasteiger partial charge is 0.0988 e. The van der Waals surface area contributed by atoms with E-state index < -0.39 is 0 Å². The molecule has 0 fully saturated rings. The van der Waals surface area contributed by atoms with E-state index in [9.17, 15) is 0 Å². The third-order valence-corrected chi connectivity index (χ3v) is 2.04. The summed E-state index contributed by atoms with van der Waals surface area (Å²) in [7, 11) is 0. The molecule has 1 aliphatic carbocycles. The highest BCUT2D eigenvalue weighted by Crippen LogP contribution is 2.31. The Labute approximate surface area is 76.7 Å². The monoisotopic (exact) mass is 164 g/mol. The zero-order valence-corrected chi connectivity index (χ0v) is 8.56. The highest BCUT2D eigenvalue weighted by atomic mass is 14.2. The average Bonchev–Trinajstić information content (AvgIpc) is 2.49. The molecule has 0 aliphatic heterocycles. The second-order valence-corrected chi connectivity index (χ2v) is 2.97. The van der Waals surface area contributed by atoms with Crippen LogP contribution in [0.25, 0.3) is 0 Å². The molecule has 0 unspecified atom stereocenters. The molecular formula is C12H20. The summed E-state index contributed by atoms with van der Waals surface area (Å²) in [6.45, 7) is 13.8. The minimum atomic E-state index is 0.793. The molecule has 0 heterocycles. The number of rotatable bonds is 2. The molecule has 12 heavy (non-hydrogen) atoms. The van der Waals surface area contributed by atoms with Gasteiger partial charge in [-0.05, 0) is 29.9 Å². The summed E-state index contributed by atoms with van der Waals surface area (Å²) in [5.74, 6) is 0.793. The van der Waals surface area contributed by atoms with Crippen LogP contribution in [-0.2, 0) is 0 Å². The van der Waals surface area contributed by atoms with Crippen molar-refractivity contribution in [2.24, 2.45) is 5.92 Å². The van der Waals surface area contributed by atoms with Crippen LogP contribution in [0.2, 0.25) is 0 Å². The van der Waals surface area contributed by atoms with Gasteiger partial charge in [-0.2, -0.15) is 0 Å². The van der Waals surface area contributed by atoms with Crippen molar-refractivity contribution in [2.45, 2.75) is 33.6 Å². The molecule has 0 amide bonds. The zero-order chi connectivity index (χ0) is 9.56. The summed E-state index contributed by atoms with van der Waals surface area (Å²) in [5.41, 5.74) is 2.78. The van der Waals surface area contributed by atoms with Crippen molar-refractivity contribution in [3.8, 4) is 0 Å². The van der Waals surface area contributed by atoms with Gasteiger partial charge in [-0.1, -0.05) is 46.1 Å². The molecule has 0 nitrogen and oxygen atoms in total. The first-order valence-electron chi connectivity index (χ1n) is 4.74. The lowest BCUT2D eigenvalue weighted by Gasteiger charge is -1.96. The fourth-order valence-electron chi connectivity index (χ4n) is 1.51. The van der Waals surface area contributed by atoms with Crippen LogP contribution in [0.4, 0.5) is 0 Å². The molecule has 0 heteroatoms. The Bertz CT molecular complexity index is 164. The van der Waals surface area contributed by atoms with Crippen molar-refractivity contribution in [3.05, 3.63) is 36.5 Å². The van der Waals surface area contributed by atoms with Crippen molar-refractivity contribution in [1.29, 1.82) is 0 Å². The summed E-state index contributed by atoms with van der Waals surface area (Å²) < 4.78 is 0. The van der Waals surface area contributed by atoms with Gasteiger partial charge in [0.25, 0.3) is 0 Å². The Morgan fingerprint density at radius 2 is 1.42 bits per heavy atom. The molecule has 68 valence electrons. The summed E-state index contributed by atoms with van der Waals surface area (Å²) in [5, 5.41) is 0. The van der Waals surface area contributed by atoms with Gasteiger partial charge in [0.05, 0.1) is 0 Å². The van der Waals surface area contributed by atoms with Crippen LogP contribution in [0.5, 0.6) is 0 Å². The Morgan fingerprint density at radius 1 is 1.08 bits per heavy atom. The lowest BCUT2D eigenvalue weighted by Crippen LogP contribution is -1.83. The predicted octanol–water partition coefficient (Wildman–Crippen LogP) is 4.11. The maximum absolute atomic E-state index is 3.77. The second kappa shape index (κ2) is 5.82. The van der Waals surface area contributed by atoms with Gasteiger partial charge in [-0.3, -0.25) is 0 Å². The normalized spacial score (nSPS) is 16.9. The molecule has 0 saturated carbocycles. The van der Waals surface area contributed by atoms with Crippen LogP contribution in [0, 0.1) is 5.92 Å². The lowest BCUT2D eigenvalue weighted by atomic mass is 10.1. The molecule has 0 saturated heterocycles. The van der Waals surface area contributed by atoms with Crippen molar-refractivity contribution in [3.63, 3.8) is 0 Å². The van der Waals surface area contributed by atoms with Gasteiger partial charge < -0.3 is 0 Å². The first kappa shape index (κ1) is 11.2. The zero-order valence-electron chi connectivity index (χ0n) is 8.56. The summed E-state index contributed by atoms with van der Waals surface area (Å²) in [4.78, 5) is 0. The van der Waals surface area contributed by atoms with Gasteiger partial charge in [0, 0.05) is 0 Å². The van der Waals surface area contributed by atoms with Gasteiger partial charge >= 0.3 is 0 Å². The van der Waals surface area contributed by atoms with Crippen molar-refractivity contribution in [1.82, 2.24) is 0 Å². The van der Waals surface area contributed by atoms with E-state index in [1.807, 2.05) is 26.0 Å². The summed E-state index contributed by atoms with van der Waals surface area (Å²) in [6, 6.07) is 0. The van der Waals surface area contributed by atoms with Crippen LogP contribution in [0.15, 0.2) is 36.5 Å². The first-order chi connectivity index (χ1) is 5.77. The van der Waals surface area contributed by atoms with Gasteiger partial charge in [-0.15, -0.1) is 0 Å². The molecule has 0 aromatic rings. The topological polar surface area (TPSA) is 0 Å². The fourth-order valence-corrected chi connectivity index (χ4v) is 1.51. The van der Waals surface area contributed by atoms with E-state index in [-0.39, 0.29) is 0 Å². The Balaban J connectivity index is 0.000000561. The average molecular weight is 164 g/mol. The predicted molar refractivity (Wildman–Crippen MR) is 57.2 cm³/mol. The Hall–Kier alpha value is -0.780. The molecule has 1 rings (SSSR count). The van der Waals surface area contributed by atoms with Crippen LogP contribution >= 0.6 is 0 Å². The van der Waals surface area contributed by atoms with Crippen LogP contribution < -0.4 is 0 Å². The molecule has 0 atom stereocenters. The lowest BCUT2D eigenvalue weighted by molar-refractivity contribution is 0.626. The molecule has 0 aromatic carbocycles. The second-order valence-electron chi connectivity index (χ2n) is 2.97. The van der Waals surface area contributed by atoms with Gasteiger partial charge in [0.15, 0.2) is 0 Å². The van der Waals surface area contributed by atoms with E-state index >= 15 is 0 Å². The van der Waals surface area contributed by atoms with E-state index in [4.69, 9.17) is 0 Å². The van der Waals surface area contributed by atoms with E-state index in [1.165, 1.54) is 24.0 Å². The van der Waals surface area contributed by atoms with Gasteiger partial charge in [0.1, 0.15) is 0 Å². The fraction of sp³-hybridized carbons (Fsp3) is 0.500. The molecule has 0 bridgehead atoms. The molecule has 0 aromatic heterocycles. The van der Waals surface area contributed by atoms with E-state index in [0.29, 0.717) is 0 Å². The smallest absolute Gasteiger partial charge is 0.0247 e. The van der Waals surface area contributed by atoms with Crippen molar-refractivity contribution >= 4 is 0 Å². The van der Waals surface area contributed by atoms with Crippen LogP contribution in [-0.4, -0.2) is 0 Å². The van der Waals surface area contributed by atoms with Crippen molar-refractivity contribution < 1.29 is 0 Å². The number of hydrogen-bond acceptors (Lipinski definition) is 0. The summed E-state index contributed by atoms with van der Waals surface area (Å²) >= 11 is 0. The minimum absolute atomic E-state index is 0.793. The quantitative estimate of drug-likeness (QED) is 0.576. The molecular weight excluding hydrogens is 144 g/mol. The van der Waals surface area contributed by atoms with E-state index in [1.54, 1.807) is 0 Å². The SMILES string of the molecule is C=CC1=C(C=C)CC(C)C1.CC. The maximum atomic E-state index is 3.77. The molecule has 0 spiro atoms. The standard InChI is InChI=1S/C10H14.C2H6/c1-4-9-6-8(3)7-10(9)5-2;1-2/h4-5,8H,1-2,6-7H2,3H3;1-2H3. The number of allylic oxidation sites excluding steroid dienone is 4. The minimum Gasteiger partial charge on any atom is -0.0988 e. The number of hydrogen-bond donors (Lipinski definition) is 0. The first-order valence-corrected chi connectivity index (χ1v) is 4.74. The van der Waals surface area contributed by atoms with Crippen LogP contribution in [0.3, 0.4) is 0 Å². The van der Waals surface area contributed by atoms with E-state index in [0.717, 1.165) is 5.92 Å². The molecule has 0 N–H and O–H groups in total. The molecule has 0 radical (unpaired) electrons. The van der Waals surface area contributed by atoms with Crippen molar-refractivity contribution in [2.75, 3.05) is 0 Å². The highest BCUT2D eigenvalue weighted by molar-refractivity contribution is 5.35. The molecule has 1 aliphatic rings. The third kappa shape index (κ3) is 2.69.